The normalized spacial score (nSPS) is 10.4. The fourth-order valence-corrected chi connectivity index (χ4v) is 0.744. The van der Waals surface area contributed by atoms with Gasteiger partial charge in [0.25, 0.3) is 0 Å². The molecule has 0 bridgehead atoms. The Bertz CT molecular complexity index is 321. The summed E-state index contributed by atoms with van der Waals surface area (Å²) in [7, 11) is 0. The molecule has 0 saturated heterocycles. The summed E-state index contributed by atoms with van der Waals surface area (Å²) in [6.45, 7) is 1.40. The third-order valence-electron chi connectivity index (χ3n) is 1.21. The third-order valence-corrected chi connectivity index (χ3v) is 1.21. The summed E-state index contributed by atoms with van der Waals surface area (Å²) < 4.78 is 0. The van der Waals surface area contributed by atoms with Crippen molar-refractivity contribution in [2.24, 2.45) is 10.7 Å². The molecule has 5 nitrogen and oxygen atoms in total. The molecule has 0 spiro atoms. The molecule has 1 aromatic rings. The van der Waals surface area contributed by atoms with E-state index in [9.17, 15) is 4.79 Å². The van der Waals surface area contributed by atoms with Crippen molar-refractivity contribution in [1.82, 2.24) is 9.97 Å². The second kappa shape index (κ2) is 3.56. The fourth-order valence-electron chi connectivity index (χ4n) is 0.744. The standard InChI is InChI=1S/C7H8N4O/c1-5(12)6-7(11-4-8)10-3-2-9-6/h2-4H,1H3,(H2,8,10,11). The number of aliphatic imine (C=N–C) groups is 1. The van der Waals surface area contributed by atoms with E-state index in [1.54, 1.807) is 0 Å². The lowest BCUT2D eigenvalue weighted by Gasteiger charge is -1.96. The summed E-state index contributed by atoms with van der Waals surface area (Å²) in [5.74, 6) is 0.0798. The highest BCUT2D eigenvalue weighted by atomic mass is 16.1. The molecule has 0 unspecified atom stereocenters. The van der Waals surface area contributed by atoms with Gasteiger partial charge in [-0.3, -0.25) is 4.79 Å². The van der Waals surface area contributed by atoms with Crippen LogP contribution < -0.4 is 5.73 Å². The lowest BCUT2D eigenvalue weighted by Crippen LogP contribution is -1.99. The van der Waals surface area contributed by atoms with Gasteiger partial charge in [-0.05, 0) is 0 Å². The van der Waals surface area contributed by atoms with Crippen molar-refractivity contribution >= 4 is 17.9 Å². The number of nitrogens with two attached hydrogens (primary N) is 1. The maximum Gasteiger partial charge on any atom is 0.183 e. The first-order valence-corrected chi connectivity index (χ1v) is 3.32. The smallest absolute Gasteiger partial charge is 0.183 e. The van der Waals surface area contributed by atoms with Gasteiger partial charge in [0, 0.05) is 19.3 Å². The van der Waals surface area contributed by atoms with Gasteiger partial charge >= 0.3 is 0 Å². The van der Waals surface area contributed by atoms with Crippen molar-refractivity contribution in [3.05, 3.63) is 18.1 Å². The van der Waals surface area contributed by atoms with Gasteiger partial charge in [0.15, 0.2) is 17.3 Å². The maximum absolute atomic E-state index is 10.9. The van der Waals surface area contributed by atoms with Crippen LogP contribution in [0, 0.1) is 0 Å². The molecule has 0 radical (unpaired) electrons. The lowest BCUT2D eigenvalue weighted by molar-refractivity contribution is 0.101. The van der Waals surface area contributed by atoms with E-state index < -0.39 is 0 Å². The zero-order chi connectivity index (χ0) is 8.97. The quantitative estimate of drug-likeness (QED) is 0.387. The van der Waals surface area contributed by atoms with E-state index >= 15 is 0 Å². The molecule has 12 heavy (non-hydrogen) atoms. The molecule has 5 heteroatoms. The van der Waals surface area contributed by atoms with E-state index in [0.29, 0.717) is 0 Å². The Labute approximate surface area is 69.4 Å². The van der Waals surface area contributed by atoms with Gasteiger partial charge in [-0.25, -0.2) is 15.0 Å². The molecule has 0 aliphatic carbocycles. The summed E-state index contributed by atoms with van der Waals surface area (Å²) in [4.78, 5) is 22.3. The Hall–Kier alpha value is -1.78. The second-order valence-corrected chi connectivity index (χ2v) is 2.06. The Morgan fingerprint density at radius 3 is 2.83 bits per heavy atom. The van der Waals surface area contributed by atoms with Crippen LogP contribution in [0.15, 0.2) is 17.4 Å². The zero-order valence-corrected chi connectivity index (χ0v) is 6.56. The Morgan fingerprint density at radius 1 is 1.58 bits per heavy atom. The van der Waals surface area contributed by atoms with Crippen LogP contribution in [-0.4, -0.2) is 22.1 Å². The van der Waals surface area contributed by atoms with Gasteiger partial charge < -0.3 is 5.73 Å². The van der Waals surface area contributed by atoms with Crippen LogP contribution >= 0.6 is 0 Å². The highest BCUT2D eigenvalue weighted by molar-refractivity contribution is 5.96. The molecule has 0 aliphatic rings. The molecule has 0 atom stereocenters. The maximum atomic E-state index is 10.9. The summed E-state index contributed by atoms with van der Waals surface area (Å²) >= 11 is 0. The highest BCUT2D eigenvalue weighted by Crippen LogP contribution is 2.11. The van der Waals surface area contributed by atoms with Gasteiger partial charge in [-0.1, -0.05) is 0 Å². The van der Waals surface area contributed by atoms with Crippen LogP contribution in [0.3, 0.4) is 0 Å². The largest absolute Gasteiger partial charge is 0.390 e. The molecule has 2 N–H and O–H groups in total. The SMILES string of the molecule is CC(=O)c1nccnc1N=CN. The Kier molecular flexibility index (Phi) is 2.47. The van der Waals surface area contributed by atoms with Crippen LogP contribution in [0.1, 0.15) is 17.4 Å². The molecule has 1 rings (SSSR count). The molecule has 1 aromatic heterocycles. The van der Waals surface area contributed by atoms with E-state index in [1.807, 2.05) is 0 Å². The molecule has 0 aromatic carbocycles. The number of rotatable bonds is 2. The third kappa shape index (κ3) is 1.63. The number of hydrogen-bond donors (Lipinski definition) is 1. The van der Waals surface area contributed by atoms with Crippen molar-refractivity contribution < 1.29 is 4.79 Å². The first-order chi connectivity index (χ1) is 5.75. The molecular formula is C7H8N4O. The van der Waals surface area contributed by atoms with Crippen LogP contribution in [0.4, 0.5) is 5.82 Å². The van der Waals surface area contributed by atoms with Crippen molar-refractivity contribution in [3.63, 3.8) is 0 Å². The minimum Gasteiger partial charge on any atom is -0.390 e. The minimum atomic E-state index is -0.177. The summed E-state index contributed by atoms with van der Waals surface area (Å²) in [5, 5.41) is 0. The molecule has 62 valence electrons. The molecule has 1 heterocycles. The Balaban J connectivity index is 3.17. The van der Waals surface area contributed by atoms with Gasteiger partial charge in [-0.15, -0.1) is 0 Å². The second-order valence-electron chi connectivity index (χ2n) is 2.06. The number of aromatic nitrogens is 2. The lowest BCUT2D eigenvalue weighted by atomic mass is 10.3. The van der Waals surface area contributed by atoms with E-state index in [0.717, 1.165) is 6.34 Å². The Morgan fingerprint density at radius 2 is 2.25 bits per heavy atom. The number of Topliss-reactive ketones (excluding diaryl/α,β-unsaturated/α-hetero) is 1. The van der Waals surface area contributed by atoms with E-state index in [2.05, 4.69) is 15.0 Å². The number of carbonyl (C=O) groups excluding carboxylic acids is 1. The number of hydrogen-bond acceptors (Lipinski definition) is 4. The first-order valence-electron chi connectivity index (χ1n) is 3.32. The monoisotopic (exact) mass is 164 g/mol. The molecule has 0 fully saturated rings. The minimum absolute atomic E-state index is 0.177. The van der Waals surface area contributed by atoms with Crippen LogP contribution in [0.25, 0.3) is 0 Å². The fraction of sp³-hybridized carbons (Fsp3) is 0.143. The van der Waals surface area contributed by atoms with Crippen molar-refractivity contribution in [3.8, 4) is 0 Å². The topological polar surface area (TPSA) is 81.2 Å². The zero-order valence-electron chi connectivity index (χ0n) is 6.56. The van der Waals surface area contributed by atoms with Crippen LogP contribution in [0.5, 0.6) is 0 Å². The predicted molar refractivity (Wildman–Crippen MR) is 44.4 cm³/mol. The van der Waals surface area contributed by atoms with Crippen molar-refractivity contribution in [2.75, 3.05) is 0 Å². The number of nitrogens with zero attached hydrogens (tertiary/aromatic N) is 3. The molecular weight excluding hydrogens is 156 g/mol. The molecule has 0 saturated carbocycles. The van der Waals surface area contributed by atoms with Gasteiger partial charge in [-0.2, -0.15) is 0 Å². The molecule has 0 aliphatic heterocycles. The number of carbonyl (C=O) groups is 1. The van der Waals surface area contributed by atoms with Crippen LogP contribution in [-0.2, 0) is 0 Å². The highest BCUT2D eigenvalue weighted by Gasteiger charge is 2.06. The molecule has 0 amide bonds. The summed E-state index contributed by atoms with van der Waals surface area (Å²) in [6, 6.07) is 0. The van der Waals surface area contributed by atoms with Gasteiger partial charge in [0.05, 0.1) is 6.34 Å². The average molecular weight is 164 g/mol. The van der Waals surface area contributed by atoms with E-state index in [-0.39, 0.29) is 17.3 Å². The van der Waals surface area contributed by atoms with Crippen molar-refractivity contribution in [1.29, 1.82) is 0 Å². The summed E-state index contributed by atoms with van der Waals surface area (Å²) in [5.41, 5.74) is 5.29. The average Bonchev–Trinajstić information content (AvgIpc) is 2.05. The van der Waals surface area contributed by atoms with Gasteiger partial charge in [0.2, 0.25) is 0 Å². The predicted octanol–water partition coefficient (Wildman–Crippen LogP) is 0.298. The summed E-state index contributed by atoms with van der Waals surface area (Å²) in [6.07, 6.45) is 3.97. The first kappa shape index (κ1) is 8.32. The number of ketones is 1. The van der Waals surface area contributed by atoms with E-state index in [1.165, 1.54) is 19.3 Å². The van der Waals surface area contributed by atoms with Crippen molar-refractivity contribution in [2.45, 2.75) is 6.92 Å². The van der Waals surface area contributed by atoms with Gasteiger partial charge in [0.1, 0.15) is 0 Å². The van der Waals surface area contributed by atoms with Crippen LogP contribution in [0.2, 0.25) is 0 Å². The van der Waals surface area contributed by atoms with E-state index in [4.69, 9.17) is 5.73 Å².